The number of nitrogens with zero attached hydrogens (tertiary/aromatic N) is 2. The number of carbonyl (C=O) groups is 1. The second-order valence-corrected chi connectivity index (χ2v) is 3.58. The maximum Gasteiger partial charge on any atom is 0.234 e. The molecular weight excluding hydrogens is 166 g/mol. The Morgan fingerprint density at radius 2 is 2.38 bits per heavy atom. The van der Waals surface area contributed by atoms with Gasteiger partial charge < -0.3 is 5.32 Å². The highest BCUT2D eigenvalue weighted by atomic mass is 16.2. The molecule has 0 aromatic rings. The highest BCUT2D eigenvalue weighted by molar-refractivity contribution is 5.78. The molecule has 0 heterocycles. The summed E-state index contributed by atoms with van der Waals surface area (Å²) in [5, 5.41) is 11.2. The number of nitrogens with one attached hydrogen (secondary N) is 1. The number of hydrogen-bond acceptors (Lipinski definition) is 3. The molecule has 13 heavy (non-hydrogen) atoms. The fourth-order valence-electron chi connectivity index (χ4n) is 1.06. The molecule has 0 bridgehead atoms. The van der Waals surface area contributed by atoms with Crippen molar-refractivity contribution in [1.82, 2.24) is 10.2 Å². The summed E-state index contributed by atoms with van der Waals surface area (Å²) >= 11 is 0. The molecule has 4 nitrogen and oxygen atoms in total. The van der Waals surface area contributed by atoms with E-state index in [0.29, 0.717) is 19.0 Å². The second kappa shape index (κ2) is 4.83. The number of carbonyl (C=O) groups excluding carboxylic acids is 1. The minimum Gasteiger partial charge on any atom is -0.355 e. The molecule has 1 aliphatic rings. The quantitative estimate of drug-likeness (QED) is 0.606. The number of amides is 1. The smallest absolute Gasteiger partial charge is 0.234 e. The van der Waals surface area contributed by atoms with Gasteiger partial charge in [-0.3, -0.25) is 9.69 Å². The largest absolute Gasteiger partial charge is 0.355 e. The minimum absolute atomic E-state index is 0.0182. The number of likely N-dealkylation sites (N-methyl/N-ethyl adjacent to an activating group) is 1. The van der Waals surface area contributed by atoms with E-state index in [1.54, 1.807) is 11.9 Å². The molecule has 4 heteroatoms. The Balaban J connectivity index is 2.05. The Labute approximate surface area is 78.5 Å². The number of rotatable bonds is 5. The van der Waals surface area contributed by atoms with Gasteiger partial charge in [0.25, 0.3) is 0 Å². The van der Waals surface area contributed by atoms with Crippen LogP contribution in [0.1, 0.15) is 12.8 Å². The van der Waals surface area contributed by atoms with E-state index in [4.69, 9.17) is 5.26 Å². The molecule has 0 unspecified atom stereocenters. The van der Waals surface area contributed by atoms with Gasteiger partial charge in [0.1, 0.15) is 0 Å². The van der Waals surface area contributed by atoms with E-state index >= 15 is 0 Å². The van der Waals surface area contributed by atoms with Crippen LogP contribution in [0.15, 0.2) is 0 Å². The number of hydrogen-bond donors (Lipinski definition) is 1. The van der Waals surface area contributed by atoms with Crippen LogP contribution in [0.4, 0.5) is 0 Å². The van der Waals surface area contributed by atoms with Gasteiger partial charge in [0.15, 0.2) is 0 Å². The average Bonchev–Trinajstić information content (AvgIpc) is 2.84. The summed E-state index contributed by atoms with van der Waals surface area (Å²) in [6.07, 6.45) is 2.49. The third-order valence-corrected chi connectivity index (χ3v) is 2.04. The summed E-state index contributed by atoms with van der Waals surface area (Å²) < 4.78 is 0. The predicted octanol–water partition coefficient (Wildman–Crippen LogP) is -0.0320. The van der Waals surface area contributed by atoms with Crippen LogP contribution in [0.25, 0.3) is 0 Å². The Hall–Kier alpha value is -1.08. The van der Waals surface area contributed by atoms with E-state index in [2.05, 4.69) is 5.32 Å². The fourth-order valence-corrected chi connectivity index (χ4v) is 1.06. The third-order valence-electron chi connectivity index (χ3n) is 2.04. The highest BCUT2D eigenvalue weighted by Gasteiger charge is 2.21. The van der Waals surface area contributed by atoms with Crippen LogP contribution >= 0.6 is 0 Å². The van der Waals surface area contributed by atoms with Gasteiger partial charge in [-0.25, -0.2) is 0 Å². The first kappa shape index (κ1) is 10.0. The molecule has 72 valence electrons. The minimum atomic E-state index is 0.0182. The van der Waals surface area contributed by atoms with Crippen LogP contribution in [-0.4, -0.2) is 37.5 Å². The van der Waals surface area contributed by atoms with E-state index in [0.717, 1.165) is 6.54 Å². The average molecular weight is 181 g/mol. The first-order valence-corrected chi connectivity index (χ1v) is 4.54. The molecule has 1 rings (SSSR count). The van der Waals surface area contributed by atoms with Gasteiger partial charge >= 0.3 is 0 Å². The van der Waals surface area contributed by atoms with Crippen LogP contribution in [0.2, 0.25) is 0 Å². The van der Waals surface area contributed by atoms with Crippen molar-refractivity contribution in [2.45, 2.75) is 12.8 Å². The molecule has 1 saturated carbocycles. The van der Waals surface area contributed by atoms with Gasteiger partial charge in [-0.1, -0.05) is 0 Å². The lowest BCUT2D eigenvalue weighted by atomic mass is 10.4. The van der Waals surface area contributed by atoms with Crippen molar-refractivity contribution in [1.29, 1.82) is 5.26 Å². The van der Waals surface area contributed by atoms with Crippen LogP contribution in [-0.2, 0) is 4.79 Å². The van der Waals surface area contributed by atoms with E-state index in [1.807, 2.05) is 6.07 Å². The van der Waals surface area contributed by atoms with Crippen molar-refractivity contribution in [3.8, 4) is 6.07 Å². The summed E-state index contributed by atoms with van der Waals surface area (Å²) in [7, 11) is 1.76. The molecule has 1 aliphatic carbocycles. The maximum absolute atomic E-state index is 11.2. The first-order chi connectivity index (χ1) is 6.22. The van der Waals surface area contributed by atoms with E-state index < -0.39 is 0 Å². The van der Waals surface area contributed by atoms with E-state index in [1.165, 1.54) is 12.8 Å². The SMILES string of the molecule is CN(CC#N)CC(=O)NCC1CC1. The zero-order chi connectivity index (χ0) is 9.68. The maximum atomic E-state index is 11.2. The summed E-state index contributed by atoms with van der Waals surface area (Å²) in [6, 6.07) is 2.00. The summed E-state index contributed by atoms with van der Waals surface area (Å²) in [6.45, 7) is 1.43. The van der Waals surface area contributed by atoms with Crippen molar-refractivity contribution >= 4 is 5.91 Å². The topological polar surface area (TPSA) is 56.1 Å². The van der Waals surface area contributed by atoms with Gasteiger partial charge in [0.05, 0.1) is 19.2 Å². The van der Waals surface area contributed by atoms with E-state index in [9.17, 15) is 4.79 Å². The first-order valence-electron chi connectivity index (χ1n) is 4.54. The van der Waals surface area contributed by atoms with Crippen LogP contribution in [0, 0.1) is 17.2 Å². The zero-order valence-electron chi connectivity index (χ0n) is 7.92. The standard InChI is InChI=1S/C9H15N3O/c1-12(5-4-10)7-9(13)11-6-8-2-3-8/h8H,2-3,5-7H2,1H3,(H,11,13). The lowest BCUT2D eigenvalue weighted by Gasteiger charge is -2.11. The van der Waals surface area contributed by atoms with Gasteiger partial charge in [-0.2, -0.15) is 5.26 Å². The van der Waals surface area contributed by atoms with Crippen molar-refractivity contribution in [2.75, 3.05) is 26.7 Å². The van der Waals surface area contributed by atoms with Gasteiger partial charge in [0.2, 0.25) is 5.91 Å². The van der Waals surface area contributed by atoms with Crippen molar-refractivity contribution < 1.29 is 4.79 Å². The molecule has 0 radical (unpaired) electrons. The molecule has 0 aromatic carbocycles. The molecule has 1 N–H and O–H groups in total. The Morgan fingerprint density at radius 1 is 1.69 bits per heavy atom. The molecule has 0 saturated heterocycles. The van der Waals surface area contributed by atoms with Crippen LogP contribution < -0.4 is 5.32 Å². The van der Waals surface area contributed by atoms with Crippen molar-refractivity contribution in [3.05, 3.63) is 0 Å². The summed E-state index contributed by atoms with van der Waals surface area (Å²) in [4.78, 5) is 12.9. The molecular formula is C9H15N3O. The Morgan fingerprint density at radius 3 is 2.92 bits per heavy atom. The normalized spacial score (nSPS) is 15.5. The fraction of sp³-hybridized carbons (Fsp3) is 0.778. The predicted molar refractivity (Wildman–Crippen MR) is 48.8 cm³/mol. The summed E-state index contributed by atoms with van der Waals surface area (Å²) in [5.41, 5.74) is 0. The van der Waals surface area contributed by atoms with Gasteiger partial charge in [-0.15, -0.1) is 0 Å². The monoisotopic (exact) mass is 181 g/mol. The van der Waals surface area contributed by atoms with Crippen LogP contribution in [0.3, 0.4) is 0 Å². The van der Waals surface area contributed by atoms with Crippen molar-refractivity contribution in [2.24, 2.45) is 5.92 Å². The van der Waals surface area contributed by atoms with Gasteiger partial charge in [0, 0.05) is 6.54 Å². The molecule has 0 spiro atoms. The van der Waals surface area contributed by atoms with E-state index in [-0.39, 0.29) is 5.91 Å². The van der Waals surface area contributed by atoms with Crippen molar-refractivity contribution in [3.63, 3.8) is 0 Å². The molecule has 1 fully saturated rings. The lowest BCUT2D eigenvalue weighted by molar-refractivity contribution is -0.121. The molecule has 0 atom stereocenters. The third kappa shape index (κ3) is 4.48. The Kier molecular flexibility index (Phi) is 3.71. The number of nitriles is 1. The molecule has 1 amide bonds. The zero-order valence-corrected chi connectivity index (χ0v) is 7.92. The molecule has 0 aromatic heterocycles. The lowest BCUT2D eigenvalue weighted by Crippen LogP contribution is -2.36. The second-order valence-electron chi connectivity index (χ2n) is 3.58. The molecule has 0 aliphatic heterocycles. The summed E-state index contributed by atoms with van der Waals surface area (Å²) in [5.74, 6) is 0.731. The highest BCUT2D eigenvalue weighted by Crippen LogP contribution is 2.27. The van der Waals surface area contributed by atoms with Crippen LogP contribution in [0.5, 0.6) is 0 Å². The van der Waals surface area contributed by atoms with Gasteiger partial charge in [-0.05, 0) is 25.8 Å². The Bertz CT molecular complexity index is 217.